The van der Waals surface area contributed by atoms with Crippen LogP contribution in [0.3, 0.4) is 0 Å². The van der Waals surface area contributed by atoms with Gasteiger partial charge in [-0.1, -0.05) is 18.2 Å². The summed E-state index contributed by atoms with van der Waals surface area (Å²) in [5.41, 5.74) is -0.0617. The molecule has 22 heavy (non-hydrogen) atoms. The van der Waals surface area contributed by atoms with E-state index in [2.05, 4.69) is 0 Å². The van der Waals surface area contributed by atoms with Gasteiger partial charge in [-0.15, -0.1) is 0 Å². The second-order valence-corrected chi connectivity index (χ2v) is 8.11. The Morgan fingerprint density at radius 1 is 1.05 bits per heavy atom. The third-order valence-electron chi connectivity index (χ3n) is 4.88. The van der Waals surface area contributed by atoms with E-state index in [1.165, 1.54) is 4.90 Å². The van der Waals surface area contributed by atoms with Crippen LogP contribution in [0.15, 0.2) is 35.2 Å². The molecule has 2 aliphatic heterocycles. The molecule has 7 heteroatoms. The molecule has 1 aromatic rings. The van der Waals surface area contributed by atoms with Crippen LogP contribution in [0, 0.1) is 5.41 Å². The van der Waals surface area contributed by atoms with Gasteiger partial charge in [0.2, 0.25) is 10.0 Å². The van der Waals surface area contributed by atoms with Gasteiger partial charge in [-0.3, -0.25) is 0 Å². The Kier molecular flexibility index (Phi) is 3.86. The SMILES string of the molecule is O=C(O)N1CCC2(CC1)CCN(S(=O)(=O)c1ccccc1)C2. The third kappa shape index (κ3) is 2.70. The summed E-state index contributed by atoms with van der Waals surface area (Å²) in [7, 11) is -3.44. The molecule has 0 saturated carbocycles. The van der Waals surface area contributed by atoms with Crippen LogP contribution in [0.1, 0.15) is 19.3 Å². The van der Waals surface area contributed by atoms with Crippen molar-refractivity contribution in [2.75, 3.05) is 26.2 Å². The lowest BCUT2D eigenvalue weighted by atomic mass is 9.78. The third-order valence-corrected chi connectivity index (χ3v) is 6.74. The van der Waals surface area contributed by atoms with Crippen molar-refractivity contribution >= 4 is 16.1 Å². The number of carboxylic acid groups (broad SMARTS) is 1. The molecule has 2 fully saturated rings. The van der Waals surface area contributed by atoms with E-state index in [1.807, 2.05) is 0 Å². The molecule has 0 bridgehead atoms. The van der Waals surface area contributed by atoms with Crippen LogP contribution in [-0.4, -0.2) is 55.0 Å². The fourth-order valence-electron chi connectivity index (χ4n) is 3.42. The lowest BCUT2D eigenvalue weighted by Crippen LogP contribution is -2.44. The summed E-state index contributed by atoms with van der Waals surface area (Å²) in [6.45, 7) is 2.01. The van der Waals surface area contributed by atoms with Crippen LogP contribution in [0.4, 0.5) is 4.79 Å². The number of sulfonamides is 1. The predicted octanol–water partition coefficient (Wildman–Crippen LogP) is 1.84. The van der Waals surface area contributed by atoms with Crippen molar-refractivity contribution in [2.24, 2.45) is 5.41 Å². The average Bonchev–Trinajstić information content (AvgIpc) is 2.93. The van der Waals surface area contributed by atoms with E-state index in [-0.39, 0.29) is 5.41 Å². The molecule has 2 aliphatic rings. The molecule has 0 unspecified atom stereocenters. The van der Waals surface area contributed by atoms with Crippen LogP contribution < -0.4 is 0 Å². The summed E-state index contributed by atoms with van der Waals surface area (Å²) >= 11 is 0. The van der Waals surface area contributed by atoms with Crippen LogP contribution in [0.2, 0.25) is 0 Å². The molecule has 0 aromatic heterocycles. The first-order chi connectivity index (χ1) is 10.4. The number of carbonyl (C=O) groups is 1. The Balaban J connectivity index is 1.72. The van der Waals surface area contributed by atoms with E-state index >= 15 is 0 Å². The molecular weight excluding hydrogens is 304 g/mol. The fourth-order valence-corrected chi connectivity index (χ4v) is 5.00. The van der Waals surface area contributed by atoms with Crippen molar-refractivity contribution in [2.45, 2.75) is 24.2 Å². The molecule has 0 atom stereocenters. The molecule has 3 rings (SSSR count). The molecule has 0 aliphatic carbocycles. The minimum atomic E-state index is -3.44. The molecule has 120 valence electrons. The number of nitrogens with zero attached hydrogens (tertiary/aromatic N) is 2. The Bertz CT molecular complexity index is 651. The lowest BCUT2D eigenvalue weighted by Gasteiger charge is -2.38. The number of hydrogen-bond acceptors (Lipinski definition) is 3. The van der Waals surface area contributed by atoms with Crippen LogP contribution >= 0.6 is 0 Å². The van der Waals surface area contributed by atoms with Gasteiger partial charge in [0.1, 0.15) is 0 Å². The highest BCUT2D eigenvalue weighted by atomic mass is 32.2. The second-order valence-electron chi connectivity index (χ2n) is 6.17. The summed E-state index contributed by atoms with van der Waals surface area (Å²) < 4.78 is 26.9. The summed E-state index contributed by atoms with van der Waals surface area (Å²) in [6, 6.07) is 8.49. The van der Waals surface area contributed by atoms with Crippen molar-refractivity contribution in [3.63, 3.8) is 0 Å². The number of likely N-dealkylation sites (tertiary alicyclic amines) is 1. The van der Waals surface area contributed by atoms with Gasteiger partial charge in [0.05, 0.1) is 4.90 Å². The summed E-state index contributed by atoms with van der Waals surface area (Å²) in [4.78, 5) is 12.7. The monoisotopic (exact) mass is 324 g/mol. The summed E-state index contributed by atoms with van der Waals surface area (Å²) in [5.74, 6) is 0. The fraction of sp³-hybridized carbons (Fsp3) is 0.533. The van der Waals surface area contributed by atoms with Gasteiger partial charge < -0.3 is 10.0 Å². The van der Waals surface area contributed by atoms with E-state index in [4.69, 9.17) is 5.11 Å². The van der Waals surface area contributed by atoms with Gasteiger partial charge in [0.25, 0.3) is 0 Å². The van der Waals surface area contributed by atoms with E-state index in [9.17, 15) is 13.2 Å². The maximum Gasteiger partial charge on any atom is 0.407 e. The van der Waals surface area contributed by atoms with Crippen LogP contribution in [0.5, 0.6) is 0 Å². The Morgan fingerprint density at radius 2 is 1.64 bits per heavy atom. The Labute approximate surface area is 130 Å². The van der Waals surface area contributed by atoms with Crippen LogP contribution in [0.25, 0.3) is 0 Å². The molecule has 1 amide bonds. The first-order valence-electron chi connectivity index (χ1n) is 7.46. The molecule has 1 spiro atoms. The molecule has 1 N–H and O–H groups in total. The van der Waals surface area contributed by atoms with Gasteiger partial charge in [-0.25, -0.2) is 13.2 Å². The number of piperidine rings is 1. The van der Waals surface area contributed by atoms with Gasteiger partial charge in [0, 0.05) is 26.2 Å². The summed E-state index contributed by atoms with van der Waals surface area (Å²) in [5, 5.41) is 9.02. The normalized spacial score (nSPS) is 22.1. The Hall–Kier alpha value is -1.60. The quantitative estimate of drug-likeness (QED) is 0.900. The molecule has 2 heterocycles. The highest BCUT2D eigenvalue weighted by Crippen LogP contribution is 2.42. The molecule has 2 saturated heterocycles. The van der Waals surface area contributed by atoms with E-state index < -0.39 is 16.1 Å². The molecule has 6 nitrogen and oxygen atoms in total. The van der Waals surface area contributed by atoms with Crippen molar-refractivity contribution in [3.8, 4) is 0 Å². The second kappa shape index (κ2) is 5.55. The molecule has 0 radical (unpaired) electrons. The highest BCUT2D eigenvalue weighted by molar-refractivity contribution is 7.89. The highest BCUT2D eigenvalue weighted by Gasteiger charge is 2.45. The van der Waals surface area contributed by atoms with Crippen molar-refractivity contribution in [1.29, 1.82) is 0 Å². The van der Waals surface area contributed by atoms with Crippen LogP contribution in [-0.2, 0) is 10.0 Å². The zero-order valence-corrected chi connectivity index (χ0v) is 13.1. The maximum atomic E-state index is 12.7. The predicted molar refractivity (Wildman–Crippen MR) is 81.1 cm³/mol. The minimum Gasteiger partial charge on any atom is -0.465 e. The zero-order chi connectivity index (χ0) is 15.8. The first-order valence-corrected chi connectivity index (χ1v) is 8.90. The van der Waals surface area contributed by atoms with Gasteiger partial charge in [0.15, 0.2) is 0 Å². The first kappa shape index (κ1) is 15.3. The number of rotatable bonds is 2. The molecular formula is C15H20N2O4S. The smallest absolute Gasteiger partial charge is 0.407 e. The zero-order valence-electron chi connectivity index (χ0n) is 12.3. The maximum absolute atomic E-state index is 12.7. The lowest BCUT2D eigenvalue weighted by molar-refractivity contribution is 0.0954. The number of amides is 1. The minimum absolute atomic E-state index is 0.0617. The molecule has 1 aromatic carbocycles. The largest absolute Gasteiger partial charge is 0.465 e. The van der Waals surface area contributed by atoms with Crippen molar-refractivity contribution in [1.82, 2.24) is 9.21 Å². The Morgan fingerprint density at radius 3 is 2.23 bits per heavy atom. The summed E-state index contributed by atoms with van der Waals surface area (Å²) in [6.07, 6.45) is 1.40. The average molecular weight is 324 g/mol. The topological polar surface area (TPSA) is 77.9 Å². The van der Waals surface area contributed by atoms with E-state index in [0.29, 0.717) is 31.1 Å². The van der Waals surface area contributed by atoms with Gasteiger partial charge in [-0.2, -0.15) is 4.31 Å². The van der Waals surface area contributed by atoms with Gasteiger partial charge >= 0.3 is 6.09 Å². The standard InChI is InChI=1S/C15H20N2O4S/c18-14(19)16-9-6-15(7-10-16)8-11-17(12-15)22(20,21)13-4-2-1-3-5-13/h1-5H,6-12H2,(H,18,19). The number of benzene rings is 1. The van der Waals surface area contributed by atoms with Crippen molar-refractivity contribution in [3.05, 3.63) is 30.3 Å². The number of hydrogen-bond donors (Lipinski definition) is 1. The van der Waals surface area contributed by atoms with Gasteiger partial charge in [-0.05, 0) is 36.8 Å². The van der Waals surface area contributed by atoms with E-state index in [1.54, 1.807) is 34.6 Å². The van der Waals surface area contributed by atoms with Crippen molar-refractivity contribution < 1.29 is 18.3 Å². The van der Waals surface area contributed by atoms with E-state index in [0.717, 1.165) is 19.3 Å².